The summed E-state index contributed by atoms with van der Waals surface area (Å²) in [5, 5.41) is 8.84. The Bertz CT molecular complexity index is 362. The molecule has 0 saturated heterocycles. The molecular weight excluding hydrogens is 216 g/mol. The zero-order chi connectivity index (χ0) is 12.8. The van der Waals surface area contributed by atoms with Crippen molar-refractivity contribution in [1.29, 1.82) is 0 Å². The van der Waals surface area contributed by atoms with Gasteiger partial charge in [0, 0.05) is 12.7 Å². The van der Waals surface area contributed by atoms with Crippen LogP contribution in [0.3, 0.4) is 0 Å². The van der Waals surface area contributed by atoms with Crippen LogP contribution in [0.2, 0.25) is 0 Å². The summed E-state index contributed by atoms with van der Waals surface area (Å²) in [7, 11) is 1.66. The molecule has 0 fully saturated rings. The maximum absolute atomic E-state index is 11.7. The fraction of sp³-hybridized carbons (Fsp3) is 0.462. The Kier molecular flexibility index (Phi) is 5.12. The van der Waals surface area contributed by atoms with Gasteiger partial charge in [-0.05, 0) is 24.1 Å². The van der Waals surface area contributed by atoms with Crippen LogP contribution < -0.4 is 10.6 Å². The van der Waals surface area contributed by atoms with E-state index < -0.39 is 6.04 Å². The molecule has 0 aromatic heterocycles. The monoisotopic (exact) mass is 236 g/mol. The number of carbonyl (C=O) groups is 1. The average molecular weight is 236 g/mol. The Balaban J connectivity index is 2.75. The first-order valence-electron chi connectivity index (χ1n) is 5.83. The van der Waals surface area contributed by atoms with Crippen LogP contribution in [0, 0.1) is 0 Å². The molecule has 1 aromatic carbocycles. The summed E-state index contributed by atoms with van der Waals surface area (Å²) in [4.78, 5) is 13.2. The van der Waals surface area contributed by atoms with Gasteiger partial charge < -0.3 is 15.7 Å². The number of anilines is 1. The van der Waals surface area contributed by atoms with Gasteiger partial charge in [0.1, 0.15) is 6.04 Å². The Hall–Kier alpha value is -1.39. The Morgan fingerprint density at radius 3 is 2.47 bits per heavy atom. The molecule has 1 rings (SSSR count). The van der Waals surface area contributed by atoms with Gasteiger partial charge in [-0.1, -0.05) is 25.5 Å². The molecule has 0 spiro atoms. The van der Waals surface area contributed by atoms with Gasteiger partial charge >= 0.3 is 0 Å². The number of hydrogen-bond acceptors (Lipinski definition) is 3. The minimum absolute atomic E-state index is 0.282. The highest BCUT2D eigenvalue weighted by atomic mass is 16.3. The molecule has 0 aliphatic heterocycles. The molecule has 1 amide bonds. The lowest BCUT2D eigenvalue weighted by atomic mass is 10.1. The highest BCUT2D eigenvalue weighted by Crippen LogP contribution is 2.15. The minimum Gasteiger partial charge on any atom is -0.394 e. The predicted molar refractivity (Wildman–Crippen MR) is 68.9 cm³/mol. The van der Waals surface area contributed by atoms with Crippen molar-refractivity contribution in [2.75, 3.05) is 18.6 Å². The molecule has 0 radical (unpaired) electrons. The van der Waals surface area contributed by atoms with Crippen LogP contribution in [0.15, 0.2) is 24.3 Å². The van der Waals surface area contributed by atoms with Crippen molar-refractivity contribution in [2.45, 2.75) is 25.8 Å². The summed E-state index contributed by atoms with van der Waals surface area (Å²) in [6.07, 6.45) is 2.14. The first-order chi connectivity index (χ1) is 8.10. The molecule has 0 bridgehead atoms. The van der Waals surface area contributed by atoms with E-state index in [-0.39, 0.29) is 12.5 Å². The highest BCUT2D eigenvalue weighted by Gasteiger charge is 2.17. The van der Waals surface area contributed by atoms with Gasteiger partial charge in [0.25, 0.3) is 0 Å². The number of carbonyl (C=O) groups excluding carboxylic acids is 1. The van der Waals surface area contributed by atoms with Crippen molar-refractivity contribution in [2.24, 2.45) is 5.73 Å². The predicted octanol–water partition coefficient (Wildman–Crippen LogP) is 0.921. The lowest BCUT2D eigenvalue weighted by Crippen LogP contribution is -2.44. The summed E-state index contributed by atoms with van der Waals surface area (Å²) in [5.41, 5.74) is 7.53. The molecule has 0 heterocycles. The summed E-state index contributed by atoms with van der Waals surface area (Å²) in [5.74, 6) is -0.282. The van der Waals surface area contributed by atoms with Crippen molar-refractivity contribution in [3.63, 3.8) is 0 Å². The van der Waals surface area contributed by atoms with Crippen LogP contribution >= 0.6 is 0 Å². The van der Waals surface area contributed by atoms with Gasteiger partial charge in [-0.2, -0.15) is 0 Å². The molecule has 4 heteroatoms. The number of likely N-dealkylation sites (N-methyl/N-ethyl adjacent to an activating group) is 1. The number of rotatable bonds is 5. The van der Waals surface area contributed by atoms with Gasteiger partial charge in [-0.15, -0.1) is 0 Å². The minimum atomic E-state index is -0.852. The zero-order valence-corrected chi connectivity index (χ0v) is 10.4. The molecule has 1 atom stereocenters. The van der Waals surface area contributed by atoms with E-state index in [4.69, 9.17) is 10.8 Å². The fourth-order valence-corrected chi connectivity index (χ4v) is 1.63. The summed E-state index contributed by atoms with van der Waals surface area (Å²) in [6.45, 7) is 1.79. The van der Waals surface area contributed by atoms with E-state index in [0.29, 0.717) is 0 Å². The third-order valence-corrected chi connectivity index (χ3v) is 2.71. The van der Waals surface area contributed by atoms with Crippen molar-refractivity contribution in [1.82, 2.24) is 0 Å². The van der Waals surface area contributed by atoms with Crippen LogP contribution in [0.5, 0.6) is 0 Å². The molecule has 1 unspecified atom stereocenters. The third kappa shape index (κ3) is 3.54. The second kappa shape index (κ2) is 6.37. The van der Waals surface area contributed by atoms with E-state index in [2.05, 4.69) is 6.92 Å². The maximum Gasteiger partial charge on any atom is 0.246 e. The van der Waals surface area contributed by atoms with E-state index in [1.54, 1.807) is 7.05 Å². The highest BCUT2D eigenvalue weighted by molar-refractivity contribution is 5.96. The normalized spacial score (nSPS) is 12.2. The van der Waals surface area contributed by atoms with E-state index in [9.17, 15) is 4.79 Å². The molecule has 17 heavy (non-hydrogen) atoms. The van der Waals surface area contributed by atoms with Crippen LogP contribution in [-0.4, -0.2) is 30.7 Å². The number of benzene rings is 1. The first kappa shape index (κ1) is 13.7. The average Bonchev–Trinajstić information content (AvgIpc) is 2.37. The number of nitrogens with zero attached hydrogens (tertiary/aromatic N) is 1. The summed E-state index contributed by atoms with van der Waals surface area (Å²) in [6, 6.07) is 6.95. The number of hydrogen-bond donors (Lipinski definition) is 2. The van der Waals surface area contributed by atoms with Crippen LogP contribution in [0.4, 0.5) is 5.69 Å². The molecule has 0 aliphatic rings. The molecule has 4 nitrogen and oxygen atoms in total. The van der Waals surface area contributed by atoms with E-state index in [1.807, 2.05) is 24.3 Å². The molecule has 0 saturated carbocycles. The Labute approximate surface area is 102 Å². The second-order valence-corrected chi connectivity index (χ2v) is 4.10. The Morgan fingerprint density at radius 1 is 1.41 bits per heavy atom. The van der Waals surface area contributed by atoms with Gasteiger partial charge in [-0.3, -0.25) is 4.79 Å². The standard InChI is InChI=1S/C13H20N2O2/c1-3-4-10-5-7-11(8-6-10)15(2)13(17)12(14)9-16/h5-8,12,16H,3-4,9,14H2,1-2H3. The topological polar surface area (TPSA) is 66.6 Å². The van der Waals surface area contributed by atoms with E-state index in [1.165, 1.54) is 10.5 Å². The molecule has 94 valence electrons. The third-order valence-electron chi connectivity index (χ3n) is 2.71. The molecular formula is C13H20N2O2. The number of aliphatic hydroxyl groups is 1. The molecule has 0 aliphatic carbocycles. The largest absolute Gasteiger partial charge is 0.394 e. The molecule has 3 N–H and O–H groups in total. The van der Waals surface area contributed by atoms with Gasteiger partial charge in [0.05, 0.1) is 6.61 Å². The fourth-order valence-electron chi connectivity index (χ4n) is 1.63. The lowest BCUT2D eigenvalue weighted by molar-refractivity contribution is -0.120. The van der Waals surface area contributed by atoms with Crippen molar-refractivity contribution in [3.05, 3.63) is 29.8 Å². The maximum atomic E-state index is 11.7. The van der Waals surface area contributed by atoms with Crippen LogP contribution in [0.1, 0.15) is 18.9 Å². The van der Waals surface area contributed by atoms with Crippen molar-refractivity contribution >= 4 is 11.6 Å². The van der Waals surface area contributed by atoms with Crippen LogP contribution in [-0.2, 0) is 11.2 Å². The number of aryl methyl sites for hydroxylation is 1. The van der Waals surface area contributed by atoms with Gasteiger partial charge in [0.2, 0.25) is 5.91 Å². The Morgan fingerprint density at radius 2 is 2.00 bits per heavy atom. The summed E-state index contributed by atoms with van der Waals surface area (Å²) < 4.78 is 0. The first-order valence-corrected chi connectivity index (χ1v) is 5.83. The second-order valence-electron chi connectivity index (χ2n) is 4.10. The smallest absolute Gasteiger partial charge is 0.246 e. The number of aliphatic hydroxyl groups excluding tert-OH is 1. The lowest BCUT2D eigenvalue weighted by Gasteiger charge is -2.20. The van der Waals surface area contributed by atoms with Gasteiger partial charge in [-0.25, -0.2) is 0 Å². The van der Waals surface area contributed by atoms with Gasteiger partial charge in [0.15, 0.2) is 0 Å². The van der Waals surface area contributed by atoms with Crippen LogP contribution in [0.25, 0.3) is 0 Å². The van der Waals surface area contributed by atoms with Crippen molar-refractivity contribution < 1.29 is 9.90 Å². The SMILES string of the molecule is CCCc1ccc(N(C)C(=O)C(N)CO)cc1. The van der Waals surface area contributed by atoms with E-state index >= 15 is 0 Å². The zero-order valence-electron chi connectivity index (χ0n) is 10.4. The molecule has 1 aromatic rings. The number of nitrogens with two attached hydrogens (primary N) is 1. The van der Waals surface area contributed by atoms with E-state index in [0.717, 1.165) is 18.5 Å². The number of amides is 1. The van der Waals surface area contributed by atoms with Crippen molar-refractivity contribution in [3.8, 4) is 0 Å². The quantitative estimate of drug-likeness (QED) is 0.799. The summed E-state index contributed by atoms with van der Waals surface area (Å²) >= 11 is 0.